The number of amides is 1. The van der Waals surface area contributed by atoms with Gasteiger partial charge in [-0.05, 0) is 44.9 Å². The first kappa shape index (κ1) is 21.8. The first-order valence-corrected chi connectivity index (χ1v) is 7.86. The zero-order valence-corrected chi connectivity index (χ0v) is 15.0. The van der Waals surface area contributed by atoms with E-state index in [1.165, 1.54) is 0 Å². The second-order valence-electron chi connectivity index (χ2n) is 6.58. The predicted octanol–water partition coefficient (Wildman–Crippen LogP) is 2.06. The highest BCUT2D eigenvalue weighted by atomic mass is 19.1. The van der Waals surface area contributed by atoms with Crippen molar-refractivity contribution in [1.82, 2.24) is 5.32 Å². The number of alkyl carbamates (subject to hydrolysis) is 1. The predicted molar refractivity (Wildman–Crippen MR) is 87.5 cm³/mol. The van der Waals surface area contributed by atoms with Gasteiger partial charge < -0.3 is 25.0 Å². The number of hydrogen-bond acceptors (Lipinski definition) is 6. The monoisotopic (exact) mass is 375 g/mol. The summed E-state index contributed by atoms with van der Waals surface area (Å²) in [4.78, 5) is 22.8. The Morgan fingerprint density at radius 1 is 1.19 bits per heavy atom. The van der Waals surface area contributed by atoms with Crippen LogP contribution in [0.3, 0.4) is 0 Å². The lowest BCUT2D eigenvalue weighted by Crippen LogP contribution is -2.34. The van der Waals surface area contributed by atoms with Crippen molar-refractivity contribution in [1.29, 1.82) is 0 Å². The summed E-state index contributed by atoms with van der Waals surface area (Å²) in [5.41, 5.74) is -1.82. The van der Waals surface area contributed by atoms with E-state index in [1.54, 1.807) is 20.8 Å². The molecule has 0 aliphatic carbocycles. The van der Waals surface area contributed by atoms with Crippen LogP contribution in [0.25, 0.3) is 0 Å². The van der Waals surface area contributed by atoms with Crippen LogP contribution in [-0.4, -0.2) is 47.6 Å². The van der Waals surface area contributed by atoms with Crippen LogP contribution in [0.2, 0.25) is 0 Å². The number of hydrogen-bond donors (Lipinski definition) is 3. The van der Waals surface area contributed by atoms with Crippen molar-refractivity contribution in [3.05, 3.63) is 34.9 Å². The molecule has 7 nitrogen and oxygen atoms in total. The maximum absolute atomic E-state index is 13.9. The zero-order chi connectivity index (χ0) is 20.1. The maximum atomic E-state index is 13.9. The molecule has 0 bridgehead atoms. The van der Waals surface area contributed by atoms with E-state index in [-0.39, 0.29) is 18.5 Å². The second-order valence-corrected chi connectivity index (χ2v) is 6.58. The van der Waals surface area contributed by atoms with Crippen molar-refractivity contribution < 1.29 is 38.1 Å². The highest BCUT2D eigenvalue weighted by molar-refractivity contribution is 5.90. The summed E-state index contributed by atoms with van der Waals surface area (Å²) in [6.07, 6.45) is -3.82. The lowest BCUT2D eigenvalue weighted by Gasteiger charge is -2.21. The Bertz CT molecular complexity index is 636. The van der Waals surface area contributed by atoms with E-state index in [0.717, 1.165) is 19.2 Å². The molecule has 2 atom stereocenters. The number of nitrogens with one attached hydrogen (secondary N) is 1. The highest BCUT2D eigenvalue weighted by Crippen LogP contribution is 2.24. The Balaban J connectivity index is 2.70. The molecule has 0 fully saturated rings. The fourth-order valence-corrected chi connectivity index (χ4v) is 2.08. The number of ether oxygens (including phenoxy) is 2. The van der Waals surface area contributed by atoms with Crippen LogP contribution in [0, 0.1) is 11.6 Å². The molecule has 0 radical (unpaired) electrons. The number of aliphatic hydroxyl groups is 2. The van der Waals surface area contributed by atoms with Gasteiger partial charge in [0.25, 0.3) is 0 Å². The van der Waals surface area contributed by atoms with Crippen molar-refractivity contribution >= 4 is 12.1 Å². The van der Waals surface area contributed by atoms with Gasteiger partial charge in [-0.1, -0.05) is 0 Å². The first-order chi connectivity index (χ1) is 12.0. The van der Waals surface area contributed by atoms with E-state index in [2.05, 4.69) is 10.1 Å². The summed E-state index contributed by atoms with van der Waals surface area (Å²) in [5, 5.41) is 22.4. The fourth-order valence-electron chi connectivity index (χ4n) is 2.08. The zero-order valence-electron chi connectivity index (χ0n) is 15.0. The maximum Gasteiger partial charge on any atom is 0.407 e. The minimum Gasteiger partial charge on any atom is -0.465 e. The number of halogens is 2. The first-order valence-electron chi connectivity index (χ1n) is 7.86. The van der Waals surface area contributed by atoms with E-state index in [1.807, 2.05) is 0 Å². The summed E-state index contributed by atoms with van der Waals surface area (Å²) in [6.45, 7) is 5.03. The Kier molecular flexibility index (Phi) is 7.46. The molecule has 0 aromatic heterocycles. The van der Waals surface area contributed by atoms with Gasteiger partial charge in [0.1, 0.15) is 28.9 Å². The number of rotatable bonds is 6. The molecule has 9 heteroatoms. The van der Waals surface area contributed by atoms with Crippen molar-refractivity contribution in [3.8, 4) is 0 Å². The molecule has 0 saturated carbocycles. The Morgan fingerprint density at radius 2 is 1.73 bits per heavy atom. The molecule has 1 aromatic rings. The van der Waals surface area contributed by atoms with Crippen LogP contribution in [0.5, 0.6) is 0 Å². The minimum absolute atomic E-state index is 0.0294. The molecule has 0 heterocycles. The highest BCUT2D eigenvalue weighted by Gasteiger charge is 2.25. The van der Waals surface area contributed by atoms with Crippen LogP contribution in [-0.2, 0) is 9.47 Å². The number of aliphatic hydroxyl groups excluding tert-OH is 2. The lowest BCUT2D eigenvalue weighted by molar-refractivity contribution is 0.0120. The van der Waals surface area contributed by atoms with Gasteiger partial charge in [-0.15, -0.1) is 0 Å². The van der Waals surface area contributed by atoms with E-state index in [9.17, 15) is 28.6 Å². The third kappa shape index (κ3) is 6.23. The van der Waals surface area contributed by atoms with Gasteiger partial charge in [-0.2, -0.15) is 0 Å². The summed E-state index contributed by atoms with van der Waals surface area (Å²) < 4.78 is 37.0. The van der Waals surface area contributed by atoms with Crippen LogP contribution in [0.15, 0.2) is 12.1 Å². The van der Waals surface area contributed by atoms with Gasteiger partial charge in [0.2, 0.25) is 0 Å². The van der Waals surface area contributed by atoms with Crippen molar-refractivity contribution in [2.45, 2.75) is 45.0 Å². The second kappa shape index (κ2) is 8.91. The molecule has 0 aliphatic heterocycles. The number of methoxy groups -OCH3 is 1. The standard InChI is InChI=1S/C17H23F2NO6/c1-17(2,3)26-16(24)20-6-5-12(21)14(22)9-7-10(18)13(11(19)8-9)15(23)25-4/h7-8,12,14,21-22H,5-6H2,1-4H3,(H,20,24). The van der Waals surface area contributed by atoms with E-state index >= 15 is 0 Å². The van der Waals surface area contributed by atoms with Gasteiger partial charge in [0.05, 0.1) is 13.2 Å². The number of carbonyl (C=O) groups excluding carboxylic acids is 2. The molecule has 1 aromatic carbocycles. The van der Waals surface area contributed by atoms with Crippen LogP contribution < -0.4 is 5.32 Å². The van der Waals surface area contributed by atoms with Gasteiger partial charge in [0.15, 0.2) is 0 Å². The SMILES string of the molecule is COC(=O)c1c(F)cc(C(O)C(O)CCNC(=O)OC(C)(C)C)cc1F. The molecular weight excluding hydrogens is 352 g/mol. The third-order valence-corrected chi connectivity index (χ3v) is 3.27. The summed E-state index contributed by atoms with van der Waals surface area (Å²) in [6, 6.07) is 1.48. The molecule has 1 rings (SSSR count). The molecule has 2 unspecified atom stereocenters. The largest absolute Gasteiger partial charge is 0.465 e. The van der Waals surface area contributed by atoms with Crippen LogP contribution in [0.4, 0.5) is 13.6 Å². The fraction of sp³-hybridized carbons (Fsp3) is 0.529. The molecule has 0 aliphatic rings. The minimum atomic E-state index is -1.62. The third-order valence-electron chi connectivity index (χ3n) is 3.27. The van der Waals surface area contributed by atoms with Crippen molar-refractivity contribution in [3.63, 3.8) is 0 Å². The smallest absolute Gasteiger partial charge is 0.407 e. The molecule has 1 amide bonds. The molecule has 3 N–H and O–H groups in total. The van der Waals surface area contributed by atoms with Crippen LogP contribution >= 0.6 is 0 Å². The van der Waals surface area contributed by atoms with Gasteiger partial charge in [0, 0.05) is 6.54 Å². The van der Waals surface area contributed by atoms with E-state index in [4.69, 9.17) is 4.74 Å². The van der Waals surface area contributed by atoms with E-state index < -0.39 is 47.1 Å². The summed E-state index contributed by atoms with van der Waals surface area (Å²) >= 11 is 0. The Hall–Kier alpha value is -2.26. The molecule has 0 spiro atoms. The average molecular weight is 375 g/mol. The Labute approximate surface area is 149 Å². The van der Waals surface area contributed by atoms with E-state index in [0.29, 0.717) is 0 Å². The number of benzene rings is 1. The normalized spacial score (nSPS) is 13.7. The quantitative estimate of drug-likeness (QED) is 0.658. The molecule has 26 heavy (non-hydrogen) atoms. The van der Waals surface area contributed by atoms with Gasteiger partial charge >= 0.3 is 12.1 Å². The number of esters is 1. The molecule has 146 valence electrons. The summed E-state index contributed by atoms with van der Waals surface area (Å²) in [7, 11) is 0.978. The lowest BCUT2D eigenvalue weighted by atomic mass is 10.00. The topological polar surface area (TPSA) is 105 Å². The van der Waals surface area contributed by atoms with Crippen molar-refractivity contribution in [2.75, 3.05) is 13.7 Å². The number of carbonyl (C=O) groups is 2. The van der Waals surface area contributed by atoms with Gasteiger partial charge in [-0.3, -0.25) is 0 Å². The van der Waals surface area contributed by atoms with Crippen molar-refractivity contribution in [2.24, 2.45) is 0 Å². The summed E-state index contributed by atoms with van der Waals surface area (Å²) in [5.74, 6) is -3.63. The molecular formula is C17H23F2NO6. The van der Waals surface area contributed by atoms with Crippen LogP contribution in [0.1, 0.15) is 49.2 Å². The Morgan fingerprint density at radius 3 is 2.19 bits per heavy atom. The average Bonchev–Trinajstić information content (AvgIpc) is 2.51. The molecule has 0 saturated heterocycles. The van der Waals surface area contributed by atoms with Gasteiger partial charge in [-0.25, -0.2) is 18.4 Å².